The number of nitrogens with one attached hydrogen (secondary N) is 1. The van der Waals surface area contributed by atoms with Crippen LogP contribution in [0.25, 0.3) is 0 Å². The van der Waals surface area contributed by atoms with Crippen LogP contribution in [0.2, 0.25) is 0 Å². The van der Waals surface area contributed by atoms with E-state index < -0.39 is 10.0 Å². The van der Waals surface area contributed by atoms with Crippen molar-refractivity contribution in [1.29, 1.82) is 0 Å². The third kappa shape index (κ3) is 4.30. The van der Waals surface area contributed by atoms with Gasteiger partial charge < -0.3 is 0 Å². The van der Waals surface area contributed by atoms with Crippen molar-refractivity contribution in [1.82, 2.24) is 9.62 Å². The summed E-state index contributed by atoms with van der Waals surface area (Å²) < 4.78 is 26.5. The van der Waals surface area contributed by atoms with Gasteiger partial charge in [-0.15, -0.1) is 0 Å². The van der Waals surface area contributed by atoms with E-state index in [0.717, 1.165) is 26.1 Å². The molecule has 1 aliphatic heterocycles. The molecule has 1 heterocycles. The Bertz CT molecular complexity index is 505. The summed E-state index contributed by atoms with van der Waals surface area (Å²) in [6.07, 6.45) is 4.67. The number of hydrogen-bond acceptors (Lipinski definition) is 3. The van der Waals surface area contributed by atoms with Crippen LogP contribution in [0.3, 0.4) is 0 Å². The van der Waals surface area contributed by atoms with Gasteiger partial charge in [0, 0.05) is 13.1 Å². The maximum atomic E-state index is 12.0. The van der Waals surface area contributed by atoms with Crippen molar-refractivity contribution in [3.8, 4) is 0 Å². The molecule has 1 saturated heterocycles. The summed E-state index contributed by atoms with van der Waals surface area (Å²) in [5.74, 6) is 0. The first-order valence-corrected chi connectivity index (χ1v) is 8.91. The second-order valence-electron chi connectivity index (χ2n) is 5.38. The third-order valence-corrected chi connectivity index (χ3v) is 5.11. The van der Waals surface area contributed by atoms with Crippen molar-refractivity contribution in [3.63, 3.8) is 0 Å². The van der Waals surface area contributed by atoms with E-state index in [1.807, 2.05) is 19.1 Å². The Morgan fingerprint density at radius 2 is 1.75 bits per heavy atom. The van der Waals surface area contributed by atoms with Gasteiger partial charge in [0.1, 0.15) is 0 Å². The number of sulfonamides is 1. The first-order chi connectivity index (χ1) is 9.62. The SMILES string of the molecule is CCCNS(=O)(=O)c1ccc(CN2CCCCC2)cc1. The topological polar surface area (TPSA) is 49.4 Å². The molecule has 0 amide bonds. The summed E-state index contributed by atoms with van der Waals surface area (Å²) in [5.41, 5.74) is 1.18. The summed E-state index contributed by atoms with van der Waals surface area (Å²) >= 11 is 0. The maximum Gasteiger partial charge on any atom is 0.240 e. The fraction of sp³-hybridized carbons (Fsp3) is 0.600. The molecule has 0 saturated carbocycles. The lowest BCUT2D eigenvalue weighted by Gasteiger charge is -2.26. The van der Waals surface area contributed by atoms with Crippen LogP contribution in [0.1, 0.15) is 38.2 Å². The van der Waals surface area contributed by atoms with Crippen LogP contribution in [0.15, 0.2) is 29.2 Å². The van der Waals surface area contributed by atoms with Crippen LogP contribution >= 0.6 is 0 Å². The molecule has 0 unspecified atom stereocenters. The molecule has 0 atom stereocenters. The first kappa shape index (κ1) is 15.5. The molecule has 5 heteroatoms. The van der Waals surface area contributed by atoms with Gasteiger partial charge in [-0.25, -0.2) is 13.1 Å². The van der Waals surface area contributed by atoms with Crippen molar-refractivity contribution in [2.75, 3.05) is 19.6 Å². The van der Waals surface area contributed by atoms with E-state index in [1.165, 1.54) is 24.8 Å². The van der Waals surface area contributed by atoms with Crippen molar-refractivity contribution < 1.29 is 8.42 Å². The Kier molecular flexibility index (Phi) is 5.57. The van der Waals surface area contributed by atoms with Gasteiger partial charge in [0.25, 0.3) is 0 Å². The lowest BCUT2D eigenvalue weighted by Crippen LogP contribution is -2.29. The molecule has 1 aromatic rings. The van der Waals surface area contributed by atoms with Crippen molar-refractivity contribution in [3.05, 3.63) is 29.8 Å². The average Bonchev–Trinajstić information content (AvgIpc) is 2.47. The zero-order valence-electron chi connectivity index (χ0n) is 12.1. The Balaban J connectivity index is 1.98. The predicted octanol–water partition coefficient (Wildman–Crippen LogP) is 2.36. The van der Waals surface area contributed by atoms with E-state index in [4.69, 9.17) is 0 Å². The summed E-state index contributed by atoms with van der Waals surface area (Å²) in [7, 11) is -3.34. The van der Waals surface area contributed by atoms with Crippen LogP contribution in [-0.2, 0) is 16.6 Å². The summed E-state index contributed by atoms with van der Waals surface area (Å²) in [4.78, 5) is 2.79. The molecule has 112 valence electrons. The molecule has 0 spiro atoms. The van der Waals surface area contributed by atoms with Gasteiger partial charge in [0.15, 0.2) is 0 Å². The highest BCUT2D eigenvalue weighted by Gasteiger charge is 2.14. The van der Waals surface area contributed by atoms with E-state index in [2.05, 4.69) is 9.62 Å². The van der Waals surface area contributed by atoms with E-state index in [0.29, 0.717) is 11.4 Å². The molecule has 1 aliphatic rings. The van der Waals surface area contributed by atoms with E-state index in [-0.39, 0.29) is 0 Å². The first-order valence-electron chi connectivity index (χ1n) is 7.43. The smallest absolute Gasteiger partial charge is 0.240 e. The molecule has 1 fully saturated rings. The highest BCUT2D eigenvalue weighted by Crippen LogP contribution is 2.15. The van der Waals surface area contributed by atoms with Crippen molar-refractivity contribution >= 4 is 10.0 Å². The standard InChI is InChI=1S/C15H24N2O2S/c1-2-10-16-20(18,19)15-8-6-14(7-9-15)13-17-11-4-3-5-12-17/h6-9,16H,2-5,10-13H2,1H3. The monoisotopic (exact) mass is 296 g/mol. The van der Waals surface area contributed by atoms with Gasteiger partial charge in [-0.3, -0.25) is 4.90 Å². The summed E-state index contributed by atoms with van der Waals surface area (Å²) in [6, 6.07) is 7.26. The molecule has 0 radical (unpaired) electrons. The third-order valence-electron chi connectivity index (χ3n) is 3.63. The normalized spacial score (nSPS) is 17.2. The number of nitrogens with zero attached hydrogens (tertiary/aromatic N) is 1. The molecule has 2 rings (SSSR count). The fourth-order valence-corrected chi connectivity index (χ4v) is 3.60. The van der Waals surface area contributed by atoms with Gasteiger partial charge in [0.2, 0.25) is 10.0 Å². The summed E-state index contributed by atoms with van der Waals surface area (Å²) in [5, 5.41) is 0. The molecule has 0 aliphatic carbocycles. The van der Waals surface area contributed by atoms with Gasteiger partial charge in [0.05, 0.1) is 4.90 Å². The minimum atomic E-state index is -3.34. The number of benzene rings is 1. The van der Waals surface area contributed by atoms with Crippen molar-refractivity contribution in [2.45, 2.75) is 44.0 Å². The molecule has 1 aromatic carbocycles. The molecular formula is C15H24N2O2S. The van der Waals surface area contributed by atoms with Crippen LogP contribution in [0.4, 0.5) is 0 Å². The lowest BCUT2D eigenvalue weighted by atomic mass is 10.1. The van der Waals surface area contributed by atoms with Gasteiger partial charge in [-0.1, -0.05) is 25.5 Å². The van der Waals surface area contributed by atoms with Crippen LogP contribution < -0.4 is 4.72 Å². The minimum absolute atomic E-state index is 0.355. The Morgan fingerprint density at radius 3 is 2.35 bits per heavy atom. The second kappa shape index (κ2) is 7.20. The molecule has 20 heavy (non-hydrogen) atoms. The van der Waals surface area contributed by atoms with Crippen LogP contribution in [0, 0.1) is 0 Å². The van der Waals surface area contributed by atoms with E-state index in [1.54, 1.807) is 12.1 Å². The average molecular weight is 296 g/mol. The highest BCUT2D eigenvalue weighted by atomic mass is 32.2. The zero-order chi connectivity index (χ0) is 14.4. The van der Waals surface area contributed by atoms with Crippen molar-refractivity contribution in [2.24, 2.45) is 0 Å². The Hall–Kier alpha value is -0.910. The Labute approximate surface area is 122 Å². The van der Waals surface area contributed by atoms with Gasteiger partial charge in [-0.2, -0.15) is 0 Å². The molecule has 1 N–H and O–H groups in total. The number of hydrogen-bond donors (Lipinski definition) is 1. The minimum Gasteiger partial charge on any atom is -0.299 e. The Morgan fingerprint density at radius 1 is 1.10 bits per heavy atom. The van der Waals surface area contributed by atoms with Crippen LogP contribution in [-0.4, -0.2) is 33.0 Å². The molecule has 4 nitrogen and oxygen atoms in total. The number of piperidine rings is 1. The van der Waals surface area contributed by atoms with E-state index >= 15 is 0 Å². The molecule has 0 bridgehead atoms. The quantitative estimate of drug-likeness (QED) is 0.876. The predicted molar refractivity (Wildman–Crippen MR) is 81.0 cm³/mol. The fourth-order valence-electron chi connectivity index (χ4n) is 2.47. The molecule has 0 aromatic heterocycles. The highest BCUT2D eigenvalue weighted by molar-refractivity contribution is 7.89. The summed E-state index contributed by atoms with van der Waals surface area (Å²) in [6.45, 7) is 5.65. The van der Waals surface area contributed by atoms with E-state index in [9.17, 15) is 8.42 Å². The van der Waals surface area contributed by atoms with Gasteiger partial charge >= 0.3 is 0 Å². The number of likely N-dealkylation sites (tertiary alicyclic amines) is 1. The van der Waals surface area contributed by atoms with Crippen LogP contribution in [0.5, 0.6) is 0 Å². The maximum absolute atomic E-state index is 12.0. The molecular weight excluding hydrogens is 272 g/mol. The van der Waals surface area contributed by atoms with Gasteiger partial charge in [-0.05, 0) is 50.0 Å². The zero-order valence-corrected chi connectivity index (χ0v) is 13.0. The second-order valence-corrected chi connectivity index (χ2v) is 7.15. The number of rotatable bonds is 6. The lowest BCUT2D eigenvalue weighted by molar-refractivity contribution is 0.221. The largest absolute Gasteiger partial charge is 0.299 e.